The molecule has 0 radical (unpaired) electrons. The Labute approximate surface area is 139 Å². The van der Waals surface area contributed by atoms with Crippen LogP contribution in [-0.4, -0.2) is 9.55 Å². The lowest BCUT2D eigenvalue weighted by molar-refractivity contribution is 0.587. The monoisotopic (exact) mass is 324 g/mol. The first-order valence-corrected chi connectivity index (χ1v) is 9.07. The summed E-state index contributed by atoms with van der Waals surface area (Å²) in [5, 5.41) is 0.873. The van der Waals surface area contributed by atoms with Gasteiger partial charge in [-0.3, -0.25) is 9.36 Å². The predicted octanol–water partition coefficient (Wildman–Crippen LogP) is 4.25. The van der Waals surface area contributed by atoms with Crippen LogP contribution in [0.2, 0.25) is 0 Å². The molecule has 0 N–H and O–H groups in total. The molecule has 0 amide bonds. The smallest absolute Gasteiger partial charge is 0.263 e. The summed E-state index contributed by atoms with van der Waals surface area (Å²) in [4.78, 5) is 20.3. The number of fused-ring (bicyclic) bond motifs is 3. The van der Waals surface area contributed by atoms with Gasteiger partial charge in [0.05, 0.1) is 11.4 Å². The van der Waals surface area contributed by atoms with E-state index in [2.05, 4.69) is 19.1 Å². The van der Waals surface area contributed by atoms with Crippen LogP contribution < -0.4 is 5.56 Å². The van der Waals surface area contributed by atoms with Gasteiger partial charge in [-0.05, 0) is 50.7 Å². The molecular formula is C19H20N2OS. The Kier molecular flexibility index (Phi) is 3.57. The number of aromatic nitrogens is 2. The maximum Gasteiger partial charge on any atom is 0.263 e. The van der Waals surface area contributed by atoms with E-state index in [9.17, 15) is 4.79 Å². The molecule has 0 fully saturated rings. The molecule has 1 aliphatic carbocycles. The molecule has 4 rings (SSSR count). The van der Waals surface area contributed by atoms with Gasteiger partial charge in [-0.25, -0.2) is 4.98 Å². The van der Waals surface area contributed by atoms with E-state index in [1.54, 1.807) is 11.3 Å². The molecule has 3 nitrogen and oxygen atoms in total. The van der Waals surface area contributed by atoms with Crippen LogP contribution in [0.3, 0.4) is 0 Å². The Morgan fingerprint density at radius 2 is 1.91 bits per heavy atom. The van der Waals surface area contributed by atoms with Crippen molar-refractivity contribution in [3.05, 3.63) is 62.5 Å². The van der Waals surface area contributed by atoms with Crippen LogP contribution in [0.5, 0.6) is 0 Å². The van der Waals surface area contributed by atoms with Crippen LogP contribution in [0, 0.1) is 6.92 Å². The zero-order chi connectivity index (χ0) is 16.0. The summed E-state index contributed by atoms with van der Waals surface area (Å²) in [6, 6.07) is 10.2. The van der Waals surface area contributed by atoms with Crippen LogP contribution in [0.4, 0.5) is 0 Å². The lowest BCUT2D eigenvalue weighted by atomic mass is 9.97. The SMILES string of the molecule is Cc1nc2sc3c(c2c(=O)n1C(C)c1ccccc1)CCCC3. The van der Waals surface area contributed by atoms with Gasteiger partial charge in [-0.15, -0.1) is 11.3 Å². The molecule has 0 bridgehead atoms. The van der Waals surface area contributed by atoms with Gasteiger partial charge < -0.3 is 0 Å². The van der Waals surface area contributed by atoms with Crippen molar-refractivity contribution < 1.29 is 0 Å². The van der Waals surface area contributed by atoms with Gasteiger partial charge >= 0.3 is 0 Å². The number of hydrogen-bond acceptors (Lipinski definition) is 3. The number of thiophene rings is 1. The molecule has 118 valence electrons. The molecule has 23 heavy (non-hydrogen) atoms. The van der Waals surface area contributed by atoms with Gasteiger partial charge in [0.25, 0.3) is 5.56 Å². The number of benzene rings is 1. The minimum absolute atomic E-state index is 0.000240. The fourth-order valence-corrected chi connectivity index (χ4v) is 4.95. The maximum absolute atomic E-state index is 13.2. The van der Waals surface area contributed by atoms with Gasteiger partial charge in [0, 0.05) is 4.88 Å². The van der Waals surface area contributed by atoms with Crippen molar-refractivity contribution in [2.45, 2.75) is 45.6 Å². The van der Waals surface area contributed by atoms with Crippen LogP contribution in [-0.2, 0) is 12.8 Å². The number of hydrogen-bond donors (Lipinski definition) is 0. The minimum atomic E-state index is -0.000240. The summed E-state index contributed by atoms with van der Waals surface area (Å²) in [5.74, 6) is 0.803. The first kappa shape index (κ1) is 14.6. The first-order valence-electron chi connectivity index (χ1n) is 8.25. The molecule has 0 spiro atoms. The Morgan fingerprint density at radius 3 is 2.70 bits per heavy atom. The summed E-state index contributed by atoms with van der Waals surface area (Å²) in [7, 11) is 0. The zero-order valence-corrected chi connectivity index (χ0v) is 14.3. The van der Waals surface area contributed by atoms with Gasteiger partial charge in [-0.2, -0.15) is 0 Å². The third-order valence-corrected chi connectivity index (χ3v) is 6.05. The lowest BCUT2D eigenvalue weighted by Gasteiger charge is -2.18. The van der Waals surface area contributed by atoms with E-state index in [0.717, 1.165) is 34.4 Å². The van der Waals surface area contributed by atoms with Gasteiger partial charge in [-0.1, -0.05) is 30.3 Å². The second kappa shape index (κ2) is 5.60. The van der Waals surface area contributed by atoms with E-state index in [1.807, 2.05) is 29.7 Å². The van der Waals surface area contributed by atoms with Crippen molar-refractivity contribution in [3.8, 4) is 0 Å². The van der Waals surface area contributed by atoms with Gasteiger partial charge in [0.1, 0.15) is 10.7 Å². The predicted molar refractivity (Wildman–Crippen MR) is 95.5 cm³/mol. The highest BCUT2D eigenvalue weighted by molar-refractivity contribution is 7.18. The average Bonchev–Trinajstić information content (AvgIpc) is 2.93. The molecule has 1 aliphatic rings. The summed E-state index contributed by atoms with van der Waals surface area (Å²) in [6.07, 6.45) is 4.53. The van der Waals surface area contributed by atoms with Crippen molar-refractivity contribution in [3.63, 3.8) is 0 Å². The quantitative estimate of drug-likeness (QED) is 0.706. The Bertz CT molecular complexity index is 924. The van der Waals surface area contributed by atoms with Crippen LogP contribution in [0.1, 0.15) is 47.6 Å². The summed E-state index contributed by atoms with van der Waals surface area (Å²) in [5.41, 5.74) is 2.54. The van der Waals surface area contributed by atoms with E-state index in [1.165, 1.54) is 23.3 Å². The largest absolute Gasteiger partial charge is 0.289 e. The molecule has 4 heteroatoms. The Morgan fingerprint density at radius 1 is 1.17 bits per heavy atom. The normalized spacial score (nSPS) is 15.6. The fourth-order valence-electron chi connectivity index (χ4n) is 3.66. The first-order chi connectivity index (χ1) is 11.2. The number of aryl methyl sites for hydroxylation is 3. The van der Waals surface area contributed by atoms with Crippen molar-refractivity contribution >= 4 is 21.6 Å². The molecule has 0 saturated heterocycles. The molecule has 2 heterocycles. The standard InChI is InChI=1S/C19H20N2OS/c1-12(14-8-4-3-5-9-14)21-13(2)20-18-17(19(21)22)15-10-6-7-11-16(15)23-18/h3-5,8-9,12H,6-7,10-11H2,1-2H3. The molecule has 3 aromatic rings. The molecule has 2 aromatic heterocycles. The van der Waals surface area contributed by atoms with Crippen molar-refractivity contribution in [2.24, 2.45) is 0 Å². The van der Waals surface area contributed by atoms with Crippen molar-refractivity contribution in [1.82, 2.24) is 9.55 Å². The molecule has 1 atom stereocenters. The van der Waals surface area contributed by atoms with E-state index < -0.39 is 0 Å². The molecule has 1 aromatic carbocycles. The van der Waals surface area contributed by atoms with E-state index in [-0.39, 0.29) is 11.6 Å². The van der Waals surface area contributed by atoms with Crippen LogP contribution in [0.15, 0.2) is 35.1 Å². The molecule has 0 aliphatic heterocycles. The number of nitrogens with zero attached hydrogens (tertiary/aromatic N) is 2. The Hall–Kier alpha value is -1.94. The van der Waals surface area contributed by atoms with Crippen LogP contribution >= 0.6 is 11.3 Å². The Balaban J connectivity index is 1.95. The van der Waals surface area contributed by atoms with Crippen LogP contribution in [0.25, 0.3) is 10.2 Å². The summed E-state index contributed by atoms with van der Waals surface area (Å²) < 4.78 is 1.86. The highest BCUT2D eigenvalue weighted by Crippen LogP contribution is 2.34. The van der Waals surface area contributed by atoms with E-state index >= 15 is 0 Å². The van der Waals surface area contributed by atoms with Crippen molar-refractivity contribution in [2.75, 3.05) is 0 Å². The highest BCUT2D eigenvalue weighted by Gasteiger charge is 2.22. The highest BCUT2D eigenvalue weighted by atomic mass is 32.1. The summed E-state index contributed by atoms with van der Waals surface area (Å²) in [6.45, 7) is 4.02. The van der Waals surface area contributed by atoms with E-state index in [0.29, 0.717) is 0 Å². The fraction of sp³-hybridized carbons (Fsp3) is 0.368. The molecule has 0 saturated carbocycles. The van der Waals surface area contributed by atoms with Gasteiger partial charge in [0.15, 0.2) is 0 Å². The zero-order valence-electron chi connectivity index (χ0n) is 13.5. The van der Waals surface area contributed by atoms with E-state index in [4.69, 9.17) is 4.98 Å². The van der Waals surface area contributed by atoms with Crippen molar-refractivity contribution in [1.29, 1.82) is 0 Å². The third-order valence-electron chi connectivity index (χ3n) is 4.87. The summed E-state index contributed by atoms with van der Waals surface area (Å²) >= 11 is 1.72. The average molecular weight is 324 g/mol. The van der Waals surface area contributed by atoms with Gasteiger partial charge in [0.2, 0.25) is 0 Å². The molecular weight excluding hydrogens is 304 g/mol. The second-order valence-electron chi connectivity index (χ2n) is 6.31. The lowest BCUT2D eigenvalue weighted by Crippen LogP contribution is -2.27. The maximum atomic E-state index is 13.2. The third kappa shape index (κ3) is 2.32. The molecule has 1 unspecified atom stereocenters. The minimum Gasteiger partial charge on any atom is -0.289 e. The number of rotatable bonds is 2. The topological polar surface area (TPSA) is 34.9 Å². The second-order valence-corrected chi connectivity index (χ2v) is 7.40.